The molecule has 1 aromatic carbocycles. The highest BCUT2D eigenvalue weighted by molar-refractivity contribution is 5.81. The normalized spacial score (nSPS) is 15.2. The number of morpholine rings is 1. The van der Waals surface area contributed by atoms with E-state index in [-0.39, 0.29) is 0 Å². The van der Waals surface area contributed by atoms with Crippen molar-refractivity contribution in [2.24, 2.45) is 0 Å². The van der Waals surface area contributed by atoms with Crippen LogP contribution in [0.15, 0.2) is 36.4 Å². The Kier molecular flexibility index (Phi) is 5.88. The number of nitrogens with zero attached hydrogens (tertiary/aromatic N) is 4. The molecule has 28 heavy (non-hydrogen) atoms. The Bertz CT molecular complexity index is 916. The van der Waals surface area contributed by atoms with Crippen molar-refractivity contribution in [2.45, 2.75) is 26.7 Å². The van der Waals surface area contributed by atoms with Crippen LogP contribution in [0.3, 0.4) is 0 Å². The number of anilines is 1. The molecule has 1 fully saturated rings. The zero-order chi connectivity index (χ0) is 19.3. The zero-order valence-electron chi connectivity index (χ0n) is 16.8. The fourth-order valence-electron chi connectivity index (χ4n) is 3.80. The van der Waals surface area contributed by atoms with Gasteiger partial charge >= 0.3 is 0 Å². The summed E-state index contributed by atoms with van der Waals surface area (Å²) in [6, 6.07) is 12.5. The van der Waals surface area contributed by atoms with Crippen LogP contribution in [0, 0.1) is 6.92 Å². The molecule has 148 valence electrons. The van der Waals surface area contributed by atoms with E-state index in [1.165, 1.54) is 5.56 Å². The summed E-state index contributed by atoms with van der Waals surface area (Å²) in [4.78, 5) is 7.29. The van der Waals surface area contributed by atoms with Crippen molar-refractivity contribution in [3.8, 4) is 11.1 Å². The summed E-state index contributed by atoms with van der Waals surface area (Å²) >= 11 is 0. The van der Waals surface area contributed by atoms with E-state index in [1.807, 2.05) is 17.5 Å². The molecule has 1 N–H and O–H groups in total. The summed E-state index contributed by atoms with van der Waals surface area (Å²) in [7, 11) is 0. The molecule has 0 unspecified atom stereocenters. The van der Waals surface area contributed by atoms with Crippen LogP contribution >= 0.6 is 0 Å². The number of fused-ring (bicyclic) bond motifs is 1. The summed E-state index contributed by atoms with van der Waals surface area (Å²) in [5.41, 5.74) is 5.33. The van der Waals surface area contributed by atoms with Crippen LogP contribution in [0.4, 0.5) is 5.82 Å². The zero-order valence-corrected chi connectivity index (χ0v) is 16.8. The third-order valence-corrected chi connectivity index (χ3v) is 5.25. The predicted octanol–water partition coefficient (Wildman–Crippen LogP) is 3.40. The van der Waals surface area contributed by atoms with Crippen LogP contribution in [-0.2, 0) is 11.2 Å². The molecule has 0 saturated carbocycles. The van der Waals surface area contributed by atoms with E-state index >= 15 is 0 Å². The molecule has 0 spiro atoms. The van der Waals surface area contributed by atoms with Crippen molar-refractivity contribution >= 4 is 11.5 Å². The molecule has 3 heterocycles. The van der Waals surface area contributed by atoms with Gasteiger partial charge in [-0.2, -0.15) is 9.61 Å². The maximum Gasteiger partial charge on any atom is 0.165 e. The highest BCUT2D eigenvalue weighted by atomic mass is 16.5. The Morgan fingerprint density at radius 2 is 1.93 bits per heavy atom. The Morgan fingerprint density at radius 1 is 1.14 bits per heavy atom. The van der Waals surface area contributed by atoms with E-state index in [2.05, 4.69) is 47.5 Å². The fourth-order valence-corrected chi connectivity index (χ4v) is 3.80. The Morgan fingerprint density at radius 3 is 2.68 bits per heavy atom. The Balaban J connectivity index is 1.56. The number of nitrogens with one attached hydrogen (secondary N) is 1. The lowest BCUT2D eigenvalue weighted by Gasteiger charge is -2.26. The molecular weight excluding hydrogens is 350 g/mol. The molecule has 0 amide bonds. The van der Waals surface area contributed by atoms with E-state index in [0.29, 0.717) is 0 Å². The predicted molar refractivity (Wildman–Crippen MR) is 113 cm³/mol. The van der Waals surface area contributed by atoms with Crippen LogP contribution in [-0.4, -0.2) is 58.9 Å². The highest BCUT2D eigenvalue weighted by Crippen LogP contribution is 2.29. The van der Waals surface area contributed by atoms with Gasteiger partial charge in [0.1, 0.15) is 5.82 Å². The second-order valence-corrected chi connectivity index (χ2v) is 7.29. The molecular formula is C22H29N5O. The van der Waals surface area contributed by atoms with Gasteiger partial charge in [-0.1, -0.05) is 37.3 Å². The topological polar surface area (TPSA) is 54.7 Å². The minimum absolute atomic E-state index is 0.854. The van der Waals surface area contributed by atoms with E-state index in [0.717, 1.165) is 80.7 Å². The summed E-state index contributed by atoms with van der Waals surface area (Å²) < 4.78 is 7.40. The average Bonchev–Trinajstić information content (AvgIpc) is 3.11. The van der Waals surface area contributed by atoms with Crippen molar-refractivity contribution in [1.29, 1.82) is 0 Å². The molecule has 0 aliphatic carbocycles. The second kappa shape index (κ2) is 8.71. The minimum Gasteiger partial charge on any atom is -0.379 e. The van der Waals surface area contributed by atoms with Crippen molar-refractivity contribution in [1.82, 2.24) is 19.5 Å². The highest BCUT2D eigenvalue weighted by Gasteiger charge is 2.17. The van der Waals surface area contributed by atoms with E-state index in [9.17, 15) is 0 Å². The fraction of sp³-hybridized carbons (Fsp3) is 0.455. The van der Waals surface area contributed by atoms with E-state index in [1.54, 1.807) is 0 Å². The first-order valence-electron chi connectivity index (χ1n) is 10.2. The molecule has 1 aliphatic rings. The molecule has 0 radical (unpaired) electrons. The maximum atomic E-state index is 5.42. The van der Waals surface area contributed by atoms with Crippen LogP contribution in [0.5, 0.6) is 0 Å². The molecule has 0 bridgehead atoms. The van der Waals surface area contributed by atoms with Crippen LogP contribution in [0.1, 0.15) is 24.7 Å². The smallest absolute Gasteiger partial charge is 0.165 e. The number of aromatic nitrogens is 3. The Hall–Kier alpha value is -2.44. The molecule has 3 aromatic rings. The van der Waals surface area contributed by atoms with Gasteiger partial charge < -0.3 is 10.1 Å². The van der Waals surface area contributed by atoms with Crippen molar-refractivity contribution in [2.75, 3.05) is 44.7 Å². The van der Waals surface area contributed by atoms with Crippen molar-refractivity contribution < 1.29 is 4.74 Å². The molecule has 1 aliphatic heterocycles. The minimum atomic E-state index is 0.854. The first kappa shape index (κ1) is 18.9. The lowest BCUT2D eigenvalue weighted by molar-refractivity contribution is 0.0378. The average molecular weight is 380 g/mol. The van der Waals surface area contributed by atoms with Gasteiger partial charge in [0.2, 0.25) is 0 Å². The van der Waals surface area contributed by atoms with Gasteiger partial charge in [0.15, 0.2) is 5.65 Å². The standard InChI is InChI=1S/C22H29N5O/c1-3-19-21(18-8-5-4-6-9-18)22-24-17(2)16-20(27(22)25-19)23-10-7-11-26-12-14-28-15-13-26/h4-6,8-9,16,23H,3,7,10-15H2,1-2H3. The summed E-state index contributed by atoms with van der Waals surface area (Å²) in [6.45, 7) is 9.99. The third-order valence-electron chi connectivity index (χ3n) is 5.25. The largest absolute Gasteiger partial charge is 0.379 e. The van der Waals surface area contributed by atoms with Gasteiger partial charge in [-0.05, 0) is 31.9 Å². The monoisotopic (exact) mass is 379 g/mol. The molecule has 0 atom stereocenters. The number of aryl methyl sites for hydroxylation is 2. The van der Waals surface area contributed by atoms with Gasteiger partial charge in [-0.25, -0.2) is 4.98 Å². The third kappa shape index (κ3) is 4.03. The second-order valence-electron chi connectivity index (χ2n) is 7.29. The van der Waals surface area contributed by atoms with Gasteiger partial charge in [-0.3, -0.25) is 4.90 Å². The van der Waals surface area contributed by atoms with Gasteiger partial charge in [-0.15, -0.1) is 0 Å². The molecule has 2 aromatic heterocycles. The maximum absolute atomic E-state index is 5.42. The lowest BCUT2D eigenvalue weighted by Crippen LogP contribution is -2.37. The number of hydrogen-bond acceptors (Lipinski definition) is 5. The van der Waals surface area contributed by atoms with E-state index < -0.39 is 0 Å². The molecule has 6 heteroatoms. The molecule has 1 saturated heterocycles. The molecule has 6 nitrogen and oxygen atoms in total. The van der Waals surface area contributed by atoms with Gasteiger partial charge in [0.05, 0.1) is 18.9 Å². The summed E-state index contributed by atoms with van der Waals surface area (Å²) in [5.74, 6) is 1.02. The van der Waals surface area contributed by atoms with Gasteiger partial charge in [0.25, 0.3) is 0 Å². The van der Waals surface area contributed by atoms with E-state index in [4.69, 9.17) is 14.8 Å². The number of ether oxygens (including phenoxy) is 1. The number of benzene rings is 1. The van der Waals surface area contributed by atoms with Gasteiger partial charge in [0, 0.05) is 37.0 Å². The Labute approximate surface area is 166 Å². The number of hydrogen-bond donors (Lipinski definition) is 1. The summed E-state index contributed by atoms with van der Waals surface area (Å²) in [5, 5.41) is 8.47. The first-order valence-corrected chi connectivity index (χ1v) is 10.2. The van der Waals surface area contributed by atoms with Crippen molar-refractivity contribution in [3.63, 3.8) is 0 Å². The SMILES string of the molecule is CCc1nn2c(NCCCN3CCOCC3)cc(C)nc2c1-c1ccccc1. The van der Waals surface area contributed by atoms with Crippen LogP contribution in [0.2, 0.25) is 0 Å². The lowest BCUT2D eigenvalue weighted by atomic mass is 10.0. The van der Waals surface area contributed by atoms with Crippen LogP contribution < -0.4 is 5.32 Å². The first-order chi connectivity index (χ1) is 13.8. The van der Waals surface area contributed by atoms with Crippen LogP contribution in [0.25, 0.3) is 16.8 Å². The number of rotatable bonds is 7. The summed E-state index contributed by atoms with van der Waals surface area (Å²) in [6.07, 6.45) is 1.97. The van der Waals surface area contributed by atoms with Crippen molar-refractivity contribution in [3.05, 3.63) is 47.8 Å². The molecule has 4 rings (SSSR count). The quantitative estimate of drug-likeness (QED) is 0.638.